The van der Waals surface area contributed by atoms with Gasteiger partial charge in [0.2, 0.25) is 0 Å². The first-order valence-electron chi connectivity index (χ1n) is 7.14. The van der Waals surface area contributed by atoms with E-state index in [1.165, 1.54) is 0 Å². The molecule has 3 aliphatic rings. The minimum atomic E-state index is -0.526. The maximum Gasteiger partial charge on any atom is 0.284 e. The second-order valence-corrected chi connectivity index (χ2v) is 6.15. The van der Waals surface area contributed by atoms with Gasteiger partial charge >= 0.3 is 0 Å². The van der Waals surface area contributed by atoms with E-state index in [2.05, 4.69) is 4.98 Å². The molecule has 1 amide bonds. The summed E-state index contributed by atoms with van der Waals surface area (Å²) in [6, 6.07) is 3.49. The van der Waals surface area contributed by atoms with Gasteiger partial charge in [0.05, 0.1) is 5.69 Å². The largest absolute Gasteiger partial charge is 0.363 e. The highest BCUT2D eigenvalue weighted by atomic mass is 19.1. The number of amides is 1. The maximum absolute atomic E-state index is 13.9. The normalized spacial score (nSPS) is 22.0. The van der Waals surface area contributed by atoms with Gasteiger partial charge in [0.15, 0.2) is 5.82 Å². The lowest BCUT2D eigenvalue weighted by molar-refractivity contribution is 0.0987. The van der Waals surface area contributed by atoms with Gasteiger partial charge in [-0.1, -0.05) is 0 Å². The Morgan fingerprint density at radius 2 is 2.10 bits per heavy atom. The lowest BCUT2D eigenvalue weighted by Gasteiger charge is -2.34. The molecule has 5 heteroatoms. The van der Waals surface area contributed by atoms with Gasteiger partial charge in [0.25, 0.3) is 5.91 Å². The molecule has 0 aliphatic heterocycles. The summed E-state index contributed by atoms with van der Waals surface area (Å²) in [6.07, 6.45) is 1.97. The predicted octanol–water partition coefficient (Wildman–Crippen LogP) is 2.61. The number of carbonyl (C=O) groups excluding carboxylic acids is 1. The van der Waals surface area contributed by atoms with Crippen molar-refractivity contribution in [3.8, 4) is 11.3 Å². The van der Waals surface area contributed by atoms with Crippen LogP contribution in [0.15, 0.2) is 12.1 Å². The third-order valence-corrected chi connectivity index (χ3v) is 4.91. The summed E-state index contributed by atoms with van der Waals surface area (Å²) in [7, 11) is 1.83. The molecule has 21 heavy (non-hydrogen) atoms. The number of aromatic nitrogens is 2. The summed E-state index contributed by atoms with van der Waals surface area (Å²) >= 11 is 0. The number of nitrogens with two attached hydrogens (primary N) is 1. The van der Waals surface area contributed by atoms with Crippen LogP contribution in [0.4, 0.5) is 4.39 Å². The lowest BCUT2D eigenvalue weighted by Crippen LogP contribution is -2.23. The van der Waals surface area contributed by atoms with E-state index in [9.17, 15) is 9.18 Å². The maximum atomic E-state index is 13.9. The highest BCUT2D eigenvalue weighted by Crippen LogP contribution is 2.55. The zero-order valence-electron chi connectivity index (χ0n) is 12.0. The molecule has 108 valence electrons. The Morgan fingerprint density at radius 1 is 1.38 bits per heavy atom. The highest BCUT2D eigenvalue weighted by molar-refractivity contribution is 5.91. The third kappa shape index (κ3) is 1.54. The van der Waals surface area contributed by atoms with Gasteiger partial charge in [-0.05, 0) is 48.9 Å². The second kappa shape index (κ2) is 3.93. The van der Waals surface area contributed by atoms with E-state index >= 15 is 0 Å². The summed E-state index contributed by atoms with van der Waals surface area (Å²) in [5, 5.41) is 0. The fourth-order valence-electron chi connectivity index (χ4n) is 3.73. The van der Waals surface area contributed by atoms with E-state index in [0.717, 1.165) is 35.4 Å². The molecule has 1 saturated carbocycles. The summed E-state index contributed by atoms with van der Waals surface area (Å²) < 4.78 is 15.7. The van der Waals surface area contributed by atoms with E-state index < -0.39 is 5.91 Å². The first-order chi connectivity index (χ1) is 9.97. The quantitative estimate of drug-likeness (QED) is 0.875. The van der Waals surface area contributed by atoms with Gasteiger partial charge in [0.1, 0.15) is 5.82 Å². The molecular formula is C16H16FN3O. The number of imidazole rings is 1. The molecule has 0 unspecified atom stereocenters. The predicted molar refractivity (Wildman–Crippen MR) is 76.6 cm³/mol. The Hall–Kier alpha value is -2.17. The molecular weight excluding hydrogens is 269 g/mol. The summed E-state index contributed by atoms with van der Waals surface area (Å²) in [5.74, 6) is 0.351. The first kappa shape index (κ1) is 12.6. The van der Waals surface area contributed by atoms with Crippen molar-refractivity contribution in [3.63, 3.8) is 0 Å². The molecule has 0 atom stereocenters. The van der Waals surface area contributed by atoms with Crippen molar-refractivity contribution >= 4 is 5.91 Å². The SMILES string of the molecule is Cc1cc2c(cc1F)C1CC(C1)c1c-2nc(C(N)=O)n1C. The average Bonchev–Trinajstić information content (AvgIpc) is 2.57. The van der Waals surface area contributed by atoms with Crippen molar-refractivity contribution in [1.29, 1.82) is 0 Å². The van der Waals surface area contributed by atoms with Crippen LogP contribution in [0, 0.1) is 12.7 Å². The number of hydrogen-bond donors (Lipinski definition) is 1. The fourth-order valence-corrected chi connectivity index (χ4v) is 3.73. The number of nitrogens with zero attached hydrogens (tertiary/aromatic N) is 2. The lowest BCUT2D eigenvalue weighted by atomic mass is 9.71. The zero-order valence-corrected chi connectivity index (χ0v) is 12.0. The summed E-state index contributed by atoms with van der Waals surface area (Å²) in [6.45, 7) is 1.75. The molecule has 1 fully saturated rings. The molecule has 2 N–H and O–H groups in total. The molecule has 5 rings (SSSR count). The molecule has 3 aliphatic carbocycles. The molecule has 1 heterocycles. The van der Waals surface area contributed by atoms with Crippen molar-refractivity contribution in [2.75, 3.05) is 0 Å². The molecule has 0 radical (unpaired) electrons. The van der Waals surface area contributed by atoms with E-state index in [4.69, 9.17) is 5.73 Å². The van der Waals surface area contributed by atoms with E-state index in [-0.39, 0.29) is 11.6 Å². The van der Waals surface area contributed by atoms with E-state index in [0.29, 0.717) is 17.4 Å². The average molecular weight is 285 g/mol. The van der Waals surface area contributed by atoms with Crippen molar-refractivity contribution in [2.24, 2.45) is 12.8 Å². The van der Waals surface area contributed by atoms with Gasteiger partial charge < -0.3 is 10.3 Å². The number of halogens is 1. The monoisotopic (exact) mass is 285 g/mol. The van der Waals surface area contributed by atoms with E-state index in [1.807, 2.05) is 17.7 Å². The van der Waals surface area contributed by atoms with Gasteiger partial charge in [-0.2, -0.15) is 0 Å². The number of rotatable bonds is 1. The van der Waals surface area contributed by atoms with Crippen LogP contribution in [0.5, 0.6) is 0 Å². The molecule has 0 spiro atoms. The molecule has 0 saturated heterocycles. The van der Waals surface area contributed by atoms with Crippen LogP contribution in [0.2, 0.25) is 0 Å². The third-order valence-electron chi connectivity index (χ3n) is 4.91. The Kier molecular flexibility index (Phi) is 2.35. The number of benzene rings is 1. The first-order valence-corrected chi connectivity index (χ1v) is 7.14. The van der Waals surface area contributed by atoms with Crippen LogP contribution in [-0.4, -0.2) is 15.5 Å². The number of primary amides is 1. The van der Waals surface area contributed by atoms with Crippen LogP contribution in [0.1, 0.15) is 52.1 Å². The van der Waals surface area contributed by atoms with Crippen molar-refractivity contribution in [3.05, 3.63) is 40.6 Å². The van der Waals surface area contributed by atoms with Crippen molar-refractivity contribution < 1.29 is 9.18 Å². The number of carbonyl (C=O) groups is 1. The smallest absolute Gasteiger partial charge is 0.284 e. The Balaban J connectivity index is 2.05. The highest BCUT2D eigenvalue weighted by Gasteiger charge is 2.41. The van der Waals surface area contributed by atoms with Crippen LogP contribution in [-0.2, 0) is 7.05 Å². The molecule has 2 aromatic rings. The minimum Gasteiger partial charge on any atom is -0.363 e. The zero-order chi connectivity index (χ0) is 14.9. The van der Waals surface area contributed by atoms with Crippen LogP contribution >= 0.6 is 0 Å². The van der Waals surface area contributed by atoms with Gasteiger partial charge in [-0.15, -0.1) is 0 Å². The van der Waals surface area contributed by atoms with Crippen LogP contribution in [0.25, 0.3) is 11.3 Å². The van der Waals surface area contributed by atoms with Crippen molar-refractivity contribution in [2.45, 2.75) is 31.6 Å². The summed E-state index contributed by atoms with van der Waals surface area (Å²) in [5.41, 5.74) is 9.85. The standard InChI is InChI=1S/C16H16FN3O/c1-7-3-11-10(6-12(7)17)8-4-9(5-8)14-13(11)19-16(15(18)21)20(14)2/h3,6,8-9H,4-5H2,1-2H3,(H2,18,21). The Bertz CT molecular complexity index is 787. The second-order valence-electron chi connectivity index (χ2n) is 6.15. The van der Waals surface area contributed by atoms with Crippen LogP contribution < -0.4 is 5.73 Å². The number of aryl methyl sites for hydroxylation is 1. The van der Waals surface area contributed by atoms with Gasteiger partial charge in [-0.25, -0.2) is 9.37 Å². The molecule has 1 aromatic carbocycles. The van der Waals surface area contributed by atoms with Crippen LogP contribution in [0.3, 0.4) is 0 Å². The van der Waals surface area contributed by atoms with Crippen molar-refractivity contribution in [1.82, 2.24) is 9.55 Å². The minimum absolute atomic E-state index is 0.174. The summed E-state index contributed by atoms with van der Waals surface area (Å²) in [4.78, 5) is 16.0. The fraction of sp³-hybridized carbons (Fsp3) is 0.375. The van der Waals surface area contributed by atoms with Gasteiger partial charge in [0, 0.05) is 24.2 Å². The van der Waals surface area contributed by atoms with Gasteiger partial charge in [-0.3, -0.25) is 4.79 Å². The topological polar surface area (TPSA) is 60.9 Å². The Morgan fingerprint density at radius 3 is 2.76 bits per heavy atom. The number of hydrogen-bond acceptors (Lipinski definition) is 2. The molecule has 4 nitrogen and oxygen atoms in total. The molecule has 1 aromatic heterocycles. The molecule has 2 bridgehead atoms. The van der Waals surface area contributed by atoms with E-state index in [1.54, 1.807) is 13.0 Å². The Labute approximate surface area is 121 Å².